The molecule has 3 heteroatoms. The molecule has 0 atom stereocenters. The average molecular weight is 89.0 g/mol. The van der Waals surface area contributed by atoms with Gasteiger partial charge < -0.3 is 5.73 Å². The van der Waals surface area contributed by atoms with Crippen LogP contribution in [0.5, 0.6) is 0 Å². The summed E-state index contributed by atoms with van der Waals surface area (Å²) in [7, 11) is 0. The predicted octanol–water partition coefficient (Wildman–Crippen LogP) is -0.450. The Morgan fingerprint density at radius 1 is 1.75 bits per heavy atom. The molecule has 0 aliphatic rings. The van der Waals surface area contributed by atoms with E-state index < -0.39 is 0 Å². The third-order valence-electron chi connectivity index (χ3n) is 0. The summed E-state index contributed by atoms with van der Waals surface area (Å²) in [5.74, 6) is 0. The van der Waals surface area contributed by atoms with Gasteiger partial charge in [0.25, 0.3) is 0 Å². The smallest absolute Gasteiger partial charge is 0.0765 e. The maximum Gasteiger partial charge on any atom is 0.0765 e. The van der Waals surface area contributed by atoms with Gasteiger partial charge in [0.2, 0.25) is 0 Å². The van der Waals surface area contributed by atoms with Crippen molar-refractivity contribution in [3.63, 3.8) is 0 Å². The van der Waals surface area contributed by atoms with E-state index in [0.29, 0.717) is 0 Å². The molecule has 0 heterocycles. The molecule has 0 aromatic rings. The van der Waals surface area contributed by atoms with Crippen LogP contribution in [0.1, 0.15) is 0 Å². The van der Waals surface area contributed by atoms with Crippen LogP contribution in [0, 0.1) is 5.41 Å². The van der Waals surface area contributed by atoms with Crippen molar-refractivity contribution in [3.8, 4) is 0 Å². The van der Waals surface area contributed by atoms with Gasteiger partial charge in [-0.2, -0.15) is 0 Å². The van der Waals surface area contributed by atoms with Crippen molar-refractivity contribution in [2.45, 2.75) is 0 Å². The fraction of sp³-hybridized carbons (Fsp3) is 0. The van der Waals surface area contributed by atoms with Crippen LogP contribution in [0.2, 0.25) is 0 Å². The minimum Gasteiger partial charge on any atom is -0.390 e. The van der Waals surface area contributed by atoms with Crippen LogP contribution in [-0.4, -0.2) is 6.34 Å². The fourth-order valence-electron chi connectivity index (χ4n) is 0. The van der Waals surface area contributed by atoms with E-state index in [2.05, 4.69) is 5.73 Å². The van der Waals surface area contributed by atoms with Gasteiger partial charge in [-0.25, -0.2) is 0 Å². The zero-order chi connectivity index (χ0) is 2.71. The Kier molecular flexibility index (Phi) is 22.5. The summed E-state index contributed by atoms with van der Waals surface area (Å²) in [4.78, 5) is 0. The molecule has 2 nitrogen and oxygen atoms in total. The van der Waals surface area contributed by atoms with Gasteiger partial charge in [-0.15, -0.1) is 0 Å². The van der Waals surface area contributed by atoms with Gasteiger partial charge in [0.15, 0.2) is 0 Å². The third kappa shape index (κ3) is 36.3. The summed E-state index contributed by atoms with van der Waals surface area (Å²) < 4.78 is 0. The SMILES string of the molecule is N=CN.[Sc]. The van der Waals surface area contributed by atoms with Crippen LogP contribution in [0.15, 0.2) is 0 Å². The van der Waals surface area contributed by atoms with Gasteiger partial charge in [0.05, 0.1) is 6.34 Å². The van der Waals surface area contributed by atoms with E-state index in [-0.39, 0.29) is 25.8 Å². The van der Waals surface area contributed by atoms with Gasteiger partial charge in [0, 0.05) is 25.8 Å². The second-order valence-electron chi connectivity index (χ2n) is 0.167. The van der Waals surface area contributed by atoms with Crippen LogP contribution in [0.3, 0.4) is 0 Å². The number of hydrogen-bond donors (Lipinski definition) is 2. The molecule has 0 amide bonds. The molecule has 1 radical (unpaired) electrons. The minimum atomic E-state index is 0. The number of nitrogens with two attached hydrogens (primary N) is 1. The van der Waals surface area contributed by atoms with E-state index in [1.165, 1.54) is 0 Å². The number of nitrogens with one attached hydrogen (secondary N) is 1. The molecule has 4 heavy (non-hydrogen) atoms. The second-order valence-corrected chi connectivity index (χ2v) is 0.167. The molecule has 0 aromatic carbocycles. The number of rotatable bonds is 0. The molecule has 0 spiro atoms. The molecule has 0 aromatic heterocycles. The zero-order valence-corrected chi connectivity index (χ0v) is 4.04. The van der Waals surface area contributed by atoms with E-state index in [4.69, 9.17) is 5.41 Å². The Labute approximate surface area is 43.7 Å². The first-order valence-electron chi connectivity index (χ1n) is 0.622. The average Bonchev–Trinajstić information content (AvgIpc) is 0.918. The molecule has 0 aliphatic carbocycles. The molecule has 0 fully saturated rings. The van der Waals surface area contributed by atoms with Gasteiger partial charge in [-0.05, 0) is 0 Å². The standard InChI is InChI=1S/CH4N2.Sc/c2-1-3;/h1H,(H3,2,3);. The quantitative estimate of drug-likeness (QED) is 0.306. The molecule has 0 bridgehead atoms. The third-order valence-corrected chi connectivity index (χ3v) is 0. The van der Waals surface area contributed by atoms with Crippen molar-refractivity contribution in [1.82, 2.24) is 0 Å². The summed E-state index contributed by atoms with van der Waals surface area (Å²) in [5.41, 5.74) is 4.39. The molecule has 0 unspecified atom stereocenters. The molecule has 0 saturated heterocycles. The van der Waals surface area contributed by atoms with Crippen molar-refractivity contribution >= 4 is 6.34 Å². The Morgan fingerprint density at radius 2 is 1.75 bits per heavy atom. The Hall–Kier alpha value is 0.340. The monoisotopic (exact) mass is 89.0 g/mol. The van der Waals surface area contributed by atoms with Crippen molar-refractivity contribution in [2.24, 2.45) is 5.73 Å². The first kappa shape index (κ1) is 8.84. The maximum absolute atomic E-state index is 5.86. The van der Waals surface area contributed by atoms with Crippen molar-refractivity contribution in [3.05, 3.63) is 0 Å². The zero-order valence-electron chi connectivity index (χ0n) is 2.23. The van der Waals surface area contributed by atoms with Gasteiger partial charge in [0.1, 0.15) is 0 Å². The minimum absolute atomic E-state index is 0. The van der Waals surface area contributed by atoms with Crippen molar-refractivity contribution in [1.29, 1.82) is 5.41 Å². The van der Waals surface area contributed by atoms with Crippen molar-refractivity contribution < 1.29 is 25.8 Å². The Balaban J connectivity index is 0. The van der Waals surface area contributed by atoms with Gasteiger partial charge in [-0.1, -0.05) is 0 Å². The van der Waals surface area contributed by atoms with Crippen LogP contribution in [-0.2, 0) is 25.8 Å². The van der Waals surface area contributed by atoms with E-state index in [9.17, 15) is 0 Å². The maximum atomic E-state index is 5.86. The molecule has 3 N–H and O–H groups in total. The van der Waals surface area contributed by atoms with Crippen molar-refractivity contribution in [2.75, 3.05) is 0 Å². The molecule has 0 aliphatic heterocycles. The predicted molar refractivity (Wildman–Crippen MR) is 13.0 cm³/mol. The van der Waals surface area contributed by atoms with Gasteiger partial charge >= 0.3 is 0 Å². The normalized spacial score (nSPS) is 3.00. The van der Waals surface area contributed by atoms with E-state index >= 15 is 0 Å². The summed E-state index contributed by atoms with van der Waals surface area (Å²) in [5, 5.41) is 5.86. The molecular formula is CH4N2Sc. The van der Waals surface area contributed by atoms with Crippen LogP contribution in [0.25, 0.3) is 0 Å². The van der Waals surface area contributed by atoms with E-state index in [1.54, 1.807) is 0 Å². The topological polar surface area (TPSA) is 49.9 Å². The van der Waals surface area contributed by atoms with E-state index in [1.807, 2.05) is 0 Å². The van der Waals surface area contributed by atoms with Crippen LogP contribution >= 0.6 is 0 Å². The molecule has 0 rings (SSSR count). The summed E-state index contributed by atoms with van der Waals surface area (Å²) in [6.07, 6.45) is 0.750. The molecule has 0 saturated carbocycles. The first-order chi connectivity index (χ1) is 1.41. The van der Waals surface area contributed by atoms with Gasteiger partial charge in [-0.3, -0.25) is 5.41 Å². The number of hydrogen-bond acceptors (Lipinski definition) is 1. The molecule has 21 valence electrons. The first-order valence-corrected chi connectivity index (χ1v) is 0.622. The largest absolute Gasteiger partial charge is 0.390 e. The Bertz CT molecular complexity index is 13.5. The second kappa shape index (κ2) is 10.2. The van der Waals surface area contributed by atoms with Crippen LogP contribution < -0.4 is 5.73 Å². The fourth-order valence-corrected chi connectivity index (χ4v) is 0. The summed E-state index contributed by atoms with van der Waals surface area (Å²) in [6, 6.07) is 0. The molecular weight excluding hydrogens is 85.0 g/mol. The Morgan fingerprint density at radius 3 is 1.75 bits per heavy atom. The summed E-state index contributed by atoms with van der Waals surface area (Å²) in [6.45, 7) is 0. The van der Waals surface area contributed by atoms with E-state index in [0.717, 1.165) is 6.34 Å². The van der Waals surface area contributed by atoms with Crippen LogP contribution in [0.4, 0.5) is 0 Å². The summed E-state index contributed by atoms with van der Waals surface area (Å²) >= 11 is 0.